The highest BCUT2D eigenvalue weighted by molar-refractivity contribution is 5.20. The van der Waals surface area contributed by atoms with Crippen LogP contribution in [0.5, 0.6) is 5.75 Å². The lowest BCUT2D eigenvalue weighted by molar-refractivity contribution is -0.00425. The Kier molecular flexibility index (Phi) is 6.07. The predicted octanol–water partition coefficient (Wildman–Crippen LogP) is 3.75. The second-order valence-electron chi connectivity index (χ2n) is 6.00. The average Bonchev–Trinajstić information content (AvgIpc) is 2.63. The Bertz CT molecular complexity index is 550. The van der Waals surface area contributed by atoms with Gasteiger partial charge in [0.15, 0.2) is 0 Å². The molecule has 3 heteroatoms. The molecule has 3 nitrogen and oxygen atoms in total. The van der Waals surface area contributed by atoms with E-state index in [1.165, 1.54) is 5.56 Å². The molecule has 0 aliphatic carbocycles. The maximum atomic E-state index is 6.03. The number of rotatable bonds is 7. The molecule has 0 aromatic heterocycles. The summed E-state index contributed by atoms with van der Waals surface area (Å²) >= 11 is 0. The number of likely N-dealkylation sites (tertiary alicyclic amines) is 1. The Balaban J connectivity index is 1.31. The van der Waals surface area contributed by atoms with E-state index >= 15 is 0 Å². The van der Waals surface area contributed by atoms with Crippen LogP contribution in [0.4, 0.5) is 0 Å². The van der Waals surface area contributed by atoms with Crippen LogP contribution in [0, 0.1) is 0 Å². The van der Waals surface area contributed by atoms with Crippen molar-refractivity contribution < 1.29 is 9.47 Å². The normalized spacial score (nSPS) is 16.3. The van der Waals surface area contributed by atoms with E-state index in [1.807, 2.05) is 36.4 Å². The zero-order valence-corrected chi connectivity index (χ0v) is 13.6. The summed E-state index contributed by atoms with van der Waals surface area (Å²) in [5, 5.41) is 0. The van der Waals surface area contributed by atoms with E-state index in [2.05, 4.69) is 29.2 Å². The molecule has 2 aromatic carbocycles. The summed E-state index contributed by atoms with van der Waals surface area (Å²) in [7, 11) is 0. The fourth-order valence-corrected chi connectivity index (χ4v) is 2.90. The van der Waals surface area contributed by atoms with Gasteiger partial charge in [-0.2, -0.15) is 0 Å². The van der Waals surface area contributed by atoms with Crippen molar-refractivity contribution in [2.75, 3.05) is 26.2 Å². The van der Waals surface area contributed by atoms with Crippen LogP contribution in [-0.2, 0) is 11.3 Å². The van der Waals surface area contributed by atoms with E-state index in [9.17, 15) is 0 Å². The van der Waals surface area contributed by atoms with Gasteiger partial charge >= 0.3 is 0 Å². The Morgan fingerprint density at radius 1 is 0.870 bits per heavy atom. The molecular weight excluding hydrogens is 286 g/mol. The molecule has 1 aliphatic rings. The van der Waals surface area contributed by atoms with E-state index in [4.69, 9.17) is 9.47 Å². The molecule has 0 amide bonds. The van der Waals surface area contributed by atoms with Crippen molar-refractivity contribution in [2.24, 2.45) is 0 Å². The number of para-hydroxylation sites is 1. The number of benzene rings is 2. The van der Waals surface area contributed by atoms with Crippen molar-refractivity contribution in [3.05, 3.63) is 66.2 Å². The van der Waals surface area contributed by atoms with Gasteiger partial charge < -0.3 is 9.47 Å². The molecule has 0 atom stereocenters. The van der Waals surface area contributed by atoms with Gasteiger partial charge in [0, 0.05) is 19.6 Å². The lowest BCUT2D eigenvalue weighted by Gasteiger charge is -2.31. The highest BCUT2D eigenvalue weighted by Crippen LogP contribution is 2.16. The summed E-state index contributed by atoms with van der Waals surface area (Å²) in [6.07, 6.45) is 2.61. The molecule has 0 spiro atoms. The summed E-state index contributed by atoms with van der Waals surface area (Å²) in [5.74, 6) is 0.952. The number of piperidine rings is 1. The van der Waals surface area contributed by atoms with Gasteiger partial charge in [0.2, 0.25) is 0 Å². The molecule has 2 aromatic rings. The van der Waals surface area contributed by atoms with E-state index in [0.717, 1.165) is 51.4 Å². The van der Waals surface area contributed by atoms with E-state index in [-0.39, 0.29) is 0 Å². The van der Waals surface area contributed by atoms with Crippen LogP contribution in [0.1, 0.15) is 18.4 Å². The van der Waals surface area contributed by atoms with Gasteiger partial charge in [-0.1, -0.05) is 48.5 Å². The van der Waals surface area contributed by atoms with Gasteiger partial charge in [-0.3, -0.25) is 4.90 Å². The van der Waals surface area contributed by atoms with Crippen LogP contribution in [-0.4, -0.2) is 37.2 Å². The molecule has 3 rings (SSSR count). The van der Waals surface area contributed by atoms with Crippen LogP contribution in [0.3, 0.4) is 0 Å². The largest absolute Gasteiger partial charge is 0.492 e. The average molecular weight is 311 g/mol. The second kappa shape index (κ2) is 8.70. The third-order valence-electron chi connectivity index (χ3n) is 4.28. The molecule has 1 saturated heterocycles. The van der Waals surface area contributed by atoms with Crippen molar-refractivity contribution >= 4 is 0 Å². The van der Waals surface area contributed by atoms with E-state index < -0.39 is 0 Å². The van der Waals surface area contributed by atoms with Gasteiger partial charge in [-0.05, 0) is 30.5 Å². The Hall–Kier alpha value is -1.84. The molecule has 23 heavy (non-hydrogen) atoms. The van der Waals surface area contributed by atoms with Gasteiger partial charge in [0.05, 0.1) is 12.7 Å². The SMILES string of the molecule is c1ccc(COC2CCN(CCOc3ccccc3)CC2)cc1. The zero-order chi connectivity index (χ0) is 15.7. The number of hydrogen-bond donors (Lipinski definition) is 0. The molecule has 0 bridgehead atoms. The highest BCUT2D eigenvalue weighted by Gasteiger charge is 2.19. The number of ether oxygens (including phenoxy) is 2. The Labute approximate surface area is 138 Å². The summed E-state index contributed by atoms with van der Waals surface area (Å²) in [4.78, 5) is 2.46. The zero-order valence-electron chi connectivity index (χ0n) is 13.6. The molecular formula is C20H25NO2. The van der Waals surface area contributed by atoms with Gasteiger partial charge in [-0.25, -0.2) is 0 Å². The standard InChI is InChI=1S/C20H25NO2/c1-3-7-18(8-4-1)17-23-20-11-13-21(14-12-20)15-16-22-19-9-5-2-6-10-19/h1-10,20H,11-17H2. The van der Waals surface area contributed by atoms with Crippen LogP contribution < -0.4 is 4.74 Å². The molecule has 0 radical (unpaired) electrons. The fourth-order valence-electron chi connectivity index (χ4n) is 2.90. The molecule has 1 heterocycles. The summed E-state index contributed by atoms with van der Waals surface area (Å²) in [6, 6.07) is 20.4. The topological polar surface area (TPSA) is 21.7 Å². The summed E-state index contributed by atoms with van der Waals surface area (Å²) < 4.78 is 11.8. The van der Waals surface area contributed by atoms with Crippen molar-refractivity contribution in [1.29, 1.82) is 0 Å². The summed E-state index contributed by atoms with van der Waals surface area (Å²) in [6.45, 7) is 4.65. The smallest absolute Gasteiger partial charge is 0.119 e. The van der Waals surface area contributed by atoms with Crippen LogP contribution in [0.25, 0.3) is 0 Å². The highest BCUT2D eigenvalue weighted by atomic mass is 16.5. The first-order valence-corrected chi connectivity index (χ1v) is 8.46. The first kappa shape index (κ1) is 16.0. The third kappa shape index (κ3) is 5.38. The quantitative estimate of drug-likeness (QED) is 0.777. The Morgan fingerprint density at radius 2 is 1.52 bits per heavy atom. The molecule has 0 N–H and O–H groups in total. The minimum Gasteiger partial charge on any atom is -0.492 e. The monoisotopic (exact) mass is 311 g/mol. The summed E-state index contributed by atoms with van der Waals surface area (Å²) in [5.41, 5.74) is 1.26. The van der Waals surface area contributed by atoms with Gasteiger partial charge in [-0.15, -0.1) is 0 Å². The predicted molar refractivity (Wildman–Crippen MR) is 92.6 cm³/mol. The van der Waals surface area contributed by atoms with Crippen LogP contribution >= 0.6 is 0 Å². The number of hydrogen-bond acceptors (Lipinski definition) is 3. The van der Waals surface area contributed by atoms with Gasteiger partial charge in [0.25, 0.3) is 0 Å². The third-order valence-corrected chi connectivity index (χ3v) is 4.28. The van der Waals surface area contributed by atoms with E-state index in [1.54, 1.807) is 0 Å². The lowest BCUT2D eigenvalue weighted by Crippen LogP contribution is -2.39. The van der Waals surface area contributed by atoms with Crippen molar-refractivity contribution in [3.8, 4) is 5.75 Å². The maximum absolute atomic E-state index is 6.03. The maximum Gasteiger partial charge on any atom is 0.119 e. The molecule has 122 valence electrons. The van der Waals surface area contributed by atoms with Crippen molar-refractivity contribution in [1.82, 2.24) is 4.90 Å². The minimum atomic E-state index is 0.390. The molecule has 1 aliphatic heterocycles. The molecule has 0 unspecified atom stereocenters. The van der Waals surface area contributed by atoms with Crippen LogP contribution in [0.15, 0.2) is 60.7 Å². The molecule has 0 saturated carbocycles. The fraction of sp³-hybridized carbons (Fsp3) is 0.400. The first-order chi connectivity index (χ1) is 11.4. The second-order valence-corrected chi connectivity index (χ2v) is 6.00. The van der Waals surface area contributed by atoms with Crippen molar-refractivity contribution in [3.63, 3.8) is 0 Å². The minimum absolute atomic E-state index is 0.390. The molecule has 1 fully saturated rings. The van der Waals surface area contributed by atoms with Crippen molar-refractivity contribution in [2.45, 2.75) is 25.6 Å². The number of nitrogens with zero attached hydrogens (tertiary/aromatic N) is 1. The van der Waals surface area contributed by atoms with Crippen LogP contribution in [0.2, 0.25) is 0 Å². The lowest BCUT2D eigenvalue weighted by atomic mass is 10.1. The van der Waals surface area contributed by atoms with Gasteiger partial charge in [0.1, 0.15) is 12.4 Å². The first-order valence-electron chi connectivity index (χ1n) is 8.46. The Morgan fingerprint density at radius 3 is 2.22 bits per heavy atom. The van der Waals surface area contributed by atoms with E-state index in [0.29, 0.717) is 6.10 Å².